The smallest absolute Gasteiger partial charge is 0.0793 e. The van der Waals surface area contributed by atoms with Gasteiger partial charge in [0.15, 0.2) is 0 Å². The first-order valence-electron chi connectivity index (χ1n) is 5.46. The average molecular weight is 287 g/mol. The van der Waals surface area contributed by atoms with Gasteiger partial charge in [0, 0.05) is 18.9 Å². The number of pyridine rings is 1. The fourth-order valence-electron chi connectivity index (χ4n) is 1.76. The van der Waals surface area contributed by atoms with Gasteiger partial charge in [0.25, 0.3) is 0 Å². The quantitative estimate of drug-likeness (QED) is 0.875. The normalized spacial score (nSPS) is 14.9. The molecule has 0 aliphatic rings. The third kappa shape index (κ3) is 4.49. The lowest BCUT2D eigenvalue weighted by Gasteiger charge is -2.26. The number of rotatable bonds is 5. The van der Waals surface area contributed by atoms with E-state index in [9.17, 15) is 5.11 Å². The minimum atomic E-state index is -0.684. The van der Waals surface area contributed by atoms with Crippen molar-refractivity contribution >= 4 is 21.6 Å². The maximum absolute atomic E-state index is 10.1. The number of aromatic nitrogens is 1. The summed E-state index contributed by atoms with van der Waals surface area (Å²) in [5.41, 5.74) is 0.274. The van der Waals surface area contributed by atoms with Crippen LogP contribution in [0.2, 0.25) is 0 Å². The van der Waals surface area contributed by atoms with Gasteiger partial charge in [0.05, 0.1) is 15.8 Å². The Morgan fingerprint density at radius 2 is 2.25 bits per heavy atom. The van der Waals surface area contributed by atoms with E-state index >= 15 is 0 Å². The van der Waals surface area contributed by atoms with Crippen LogP contribution in [-0.2, 0) is 0 Å². The number of nitrogens with zero attached hydrogens (tertiary/aromatic N) is 1. The third-order valence-electron chi connectivity index (χ3n) is 2.28. The molecule has 1 rings (SSSR count). The Hall–Kier alpha value is -0.610. The molecule has 0 amide bonds. The number of anilines is 1. The summed E-state index contributed by atoms with van der Waals surface area (Å²) in [6.45, 7) is 6.61. The molecular weight excluding hydrogens is 268 g/mol. The van der Waals surface area contributed by atoms with Crippen molar-refractivity contribution in [1.29, 1.82) is 0 Å². The van der Waals surface area contributed by atoms with E-state index in [1.54, 1.807) is 12.4 Å². The van der Waals surface area contributed by atoms with Crippen LogP contribution in [0, 0.1) is 5.92 Å². The van der Waals surface area contributed by atoms with Crippen molar-refractivity contribution in [2.45, 2.75) is 32.8 Å². The highest BCUT2D eigenvalue weighted by Gasteiger charge is 2.21. The molecule has 0 aromatic carbocycles. The van der Waals surface area contributed by atoms with E-state index in [0.717, 1.165) is 16.6 Å². The Morgan fingerprint density at radius 1 is 1.56 bits per heavy atom. The molecule has 1 aromatic heterocycles. The number of hydrogen-bond acceptors (Lipinski definition) is 3. The van der Waals surface area contributed by atoms with Crippen LogP contribution < -0.4 is 5.32 Å². The molecule has 3 nitrogen and oxygen atoms in total. The van der Waals surface area contributed by atoms with Crippen molar-refractivity contribution in [2.75, 3.05) is 11.9 Å². The van der Waals surface area contributed by atoms with E-state index in [0.29, 0.717) is 12.5 Å². The topological polar surface area (TPSA) is 45.1 Å². The lowest BCUT2D eigenvalue weighted by atomic mass is 9.94. The largest absolute Gasteiger partial charge is 0.388 e. The van der Waals surface area contributed by atoms with Crippen molar-refractivity contribution in [2.24, 2.45) is 5.92 Å². The summed E-state index contributed by atoms with van der Waals surface area (Å²) >= 11 is 3.41. The van der Waals surface area contributed by atoms with Gasteiger partial charge in [-0.1, -0.05) is 13.8 Å². The lowest BCUT2D eigenvalue weighted by molar-refractivity contribution is 0.0515. The van der Waals surface area contributed by atoms with Crippen molar-refractivity contribution in [3.05, 3.63) is 22.9 Å². The van der Waals surface area contributed by atoms with Crippen LogP contribution in [0.15, 0.2) is 22.9 Å². The SMILES string of the molecule is CC(C)CC(C)(O)CNc1ccncc1Br. The second-order valence-electron chi connectivity index (χ2n) is 4.80. The molecule has 0 saturated heterocycles. The highest BCUT2D eigenvalue weighted by molar-refractivity contribution is 9.10. The number of aliphatic hydroxyl groups is 1. The zero-order valence-electron chi connectivity index (χ0n) is 10.00. The van der Waals surface area contributed by atoms with Gasteiger partial charge in [-0.05, 0) is 41.3 Å². The molecule has 0 saturated carbocycles. The molecule has 1 unspecified atom stereocenters. The van der Waals surface area contributed by atoms with Crippen LogP contribution in [0.4, 0.5) is 5.69 Å². The molecule has 0 radical (unpaired) electrons. The van der Waals surface area contributed by atoms with Gasteiger partial charge in [0.2, 0.25) is 0 Å². The van der Waals surface area contributed by atoms with E-state index in [1.807, 2.05) is 13.0 Å². The van der Waals surface area contributed by atoms with Crippen LogP contribution in [0.3, 0.4) is 0 Å². The Kier molecular flexibility index (Phi) is 4.74. The molecule has 16 heavy (non-hydrogen) atoms. The van der Waals surface area contributed by atoms with Gasteiger partial charge in [-0.25, -0.2) is 0 Å². The zero-order valence-corrected chi connectivity index (χ0v) is 11.6. The van der Waals surface area contributed by atoms with Gasteiger partial charge in [-0.2, -0.15) is 0 Å². The molecule has 90 valence electrons. The lowest BCUT2D eigenvalue weighted by Crippen LogP contribution is -2.34. The van der Waals surface area contributed by atoms with E-state index in [-0.39, 0.29) is 0 Å². The third-order valence-corrected chi connectivity index (χ3v) is 2.91. The average Bonchev–Trinajstić information content (AvgIpc) is 2.14. The van der Waals surface area contributed by atoms with Crippen molar-refractivity contribution in [3.8, 4) is 0 Å². The fraction of sp³-hybridized carbons (Fsp3) is 0.583. The van der Waals surface area contributed by atoms with Crippen molar-refractivity contribution in [1.82, 2.24) is 4.98 Å². The van der Waals surface area contributed by atoms with Gasteiger partial charge in [-0.15, -0.1) is 0 Å². The molecule has 0 aliphatic carbocycles. The Labute approximate surface area is 105 Å². The molecule has 0 spiro atoms. The summed E-state index contributed by atoms with van der Waals surface area (Å²) in [7, 11) is 0. The maximum Gasteiger partial charge on any atom is 0.0793 e. The molecular formula is C12H19BrN2O. The minimum absolute atomic E-state index is 0.484. The van der Waals surface area contributed by atoms with E-state index < -0.39 is 5.60 Å². The second kappa shape index (κ2) is 5.64. The molecule has 0 bridgehead atoms. The number of halogens is 1. The predicted octanol–water partition coefficient (Wildman–Crippen LogP) is 3.05. The summed E-state index contributed by atoms with van der Waals surface area (Å²) in [6, 6.07) is 1.88. The Balaban J connectivity index is 2.54. The highest BCUT2D eigenvalue weighted by Crippen LogP contribution is 2.22. The second-order valence-corrected chi connectivity index (χ2v) is 5.66. The van der Waals surface area contributed by atoms with E-state index in [2.05, 4.69) is 40.1 Å². The van der Waals surface area contributed by atoms with Crippen molar-refractivity contribution in [3.63, 3.8) is 0 Å². The number of nitrogens with one attached hydrogen (secondary N) is 1. The van der Waals surface area contributed by atoms with Crippen LogP contribution in [0.5, 0.6) is 0 Å². The molecule has 1 atom stereocenters. The molecule has 2 N–H and O–H groups in total. The van der Waals surface area contributed by atoms with Gasteiger partial charge >= 0.3 is 0 Å². The molecule has 1 heterocycles. The maximum atomic E-state index is 10.1. The van der Waals surface area contributed by atoms with Gasteiger partial charge in [0.1, 0.15) is 0 Å². The van der Waals surface area contributed by atoms with Crippen LogP contribution >= 0.6 is 15.9 Å². The zero-order chi connectivity index (χ0) is 12.2. The first kappa shape index (κ1) is 13.5. The predicted molar refractivity (Wildman–Crippen MR) is 70.5 cm³/mol. The Morgan fingerprint density at radius 3 is 2.81 bits per heavy atom. The van der Waals surface area contributed by atoms with Gasteiger partial charge < -0.3 is 10.4 Å². The first-order valence-corrected chi connectivity index (χ1v) is 6.26. The summed E-state index contributed by atoms with van der Waals surface area (Å²) in [6.07, 6.45) is 4.24. The fourth-order valence-corrected chi connectivity index (χ4v) is 2.15. The monoisotopic (exact) mass is 286 g/mol. The Bertz CT molecular complexity index is 340. The first-order chi connectivity index (χ1) is 7.41. The molecule has 0 fully saturated rings. The molecule has 0 aliphatic heterocycles. The standard InChI is InChI=1S/C12H19BrN2O/c1-9(2)6-12(3,16)8-15-11-4-5-14-7-10(11)13/h4-5,7,9,16H,6,8H2,1-3H3,(H,14,15). The molecule has 4 heteroatoms. The summed E-state index contributed by atoms with van der Waals surface area (Å²) in [5.74, 6) is 0.484. The van der Waals surface area contributed by atoms with Crippen molar-refractivity contribution < 1.29 is 5.11 Å². The van der Waals surface area contributed by atoms with Crippen LogP contribution in [-0.4, -0.2) is 22.2 Å². The van der Waals surface area contributed by atoms with Crippen LogP contribution in [0.25, 0.3) is 0 Å². The summed E-state index contributed by atoms with van der Waals surface area (Å²) in [5, 5.41) is 13.4. The van der Waals surface area contributed by atoms with E-state index in [1.165, 1.54) is 0 Å². The summed E-state index contributed by atoms with van der Waals surface area (Å²) in [4.78, 5) is 3.99. The minimum Gasteiger partial charge on any atom is -0.388 e. The van der Waals surface area contributed by atoms with Crippen LogP contribution in [0.1, 0.15) is 27.2 Å². The van der Waals surface area contributed by atoms with Gasteiger partial charge in [-0.3, -0.25) is 4.98 Å². The molecule has 1 aromatic rings. The van der Waals surface area contributed by atoms with E-state index in [4.69, 9.17) is 0 Å². The highest BCUT2D eigenvalue weighted by atomic mass is 79.9. The summed E-state index contributed by atoms with van der Waals surface area (Å²) < 4.78 is 0.912. The number of hydrogen-bond donors (Lipinski definition) is 2.